The number of carbonyl (C=O) groups excluding carboxylic acids is 1. The summed E-state index contributed by atoms with van der Waals surface area (Å²) in [5, 5.41) is 0. The maximum atomic E-state index is 13.5. The highest BCUT2D eigenvalue weighted by Gasteiger charge is 2.47. The van der Waals surface area contributed by atoms with Crippen molar-refractivity contribution in [2.24, 2.45) is 11.1 Å². The predicted octanol–water partition coefficient (Wildman–Crippen LogP) is 3.39. The minimum atomic E-state index is -0.302. The van der Waals surface area contributed by atoms with Gasteiger partial charge < -0.3 is 10.6 Å². The molecule has 2 aliphatic rings. The molecule has 2 N–H and O–H groups in total. The number of aryl methyl sites for hydroxylation is 1. The normalized spacial score (nSPS) is 26.3. The van der Waals surface area contributed by atoms with E-state index in [-0.39, 0.29) is 16.9 Å². The first kappa shape index (κ1) is 16.5. The maximum absolute atomic E-state index is 13.5. The van der Waals surface area contributed by atoms with Crippen molar-refractivity contribution in [3.63, 3.8) is 0 Å². The Morgan fingerprint density at radius 2 is 1.96 bits per heavy atom. The quantitative estimate of drug-likeness (QED) is 0.909. The molecule has 1 heterocycles. The van der Waals surface area contributed by atoms with Crippen molar-refractivity contribution in [1.29, 1.82) is 0 Å². The molecule has 0 bridgehead atoms. The van der Waals surface area contributed by atoms with Gasteiger partial charge in [-0.2, -0.15) is 0 Å². The molecular weight excluding hydrogens is 284 g/mol. The van der Waals surface area contributed by atoms with Crippen molar-refractivity contribution in [3.05, 3.63) is 35.4 Å². The van der Waals surface area contributed by atoms with E-state index in [1.807, 2.05) is 0 Å². The molecule has 1 atom stereocenters. The van der Waals surface area contributed by atoms with E-state index in [1.54, 1.807) is 0 Å². The van der Waals surface area contributed by atoms with Crippen LogP contribution in [0.15, 0.2) is 24.3 Å². The maximum Gasteiger partial charge on any atom is 0.233 e. The van der Waals surface area contributed by atoms with Crippen LogP contribution in [0.3, 0.4) is 0 Å². The third-order valence-electron chi connectivity index (χ3n) is 6.04. The van der Waals surface area contributed by atoms with Gasteiger partial charge in [0.05, 0.1) is 5.41 Å². The number of hydrogen-bond donors (Lipinski definition) is 1. The monoisotopic (exact) mass is 314 g/mol. The van der Waals surface area contributed by atoms with Crippen LogP contribution < -0.4 is 5.73 Å². The summed E-state index contributed by atoms with van der Waals surface area (Å²) in [5.74, 6) is 0.334. The van der Waals surface area contributed by atoms with Gasteiger partial charge in [-0.25, -0.2) is 0 Å². The number of benzene rings is 1. The second kappa shape index (κ2) is 5.94. The minimum Gasteiger partial charge on any atom is -0.341 e. The minimum absolute atomic E-state index is 0.000306. The molecule has 1 aromatic carbocycles. The van der Waals surface area contributed by atoms with Crippen molar-refractivity contribution in [1.82, 2.24) is 4.90 Å². The number of nitrogens with zero attached hydrogens (tertiary/aromatic N) is 1. The molecule has 2 fully saturated rings. The number of piperidine rings is 1. The van der Waals surface area contributed by atoms with E-state index < -0.39 is 0 Å². The number of amides is 1. The summed E-state index contributed by atoms with van der Waals surface area (Å²) in [6, 6.07) is 8.75. The van der Waals surface area contributed by atoms with Crippen LogP contribution in [0.1, 0.15) is 57.1 Å². The van der Waals surface area contributed by atoms with Crippen LogP contribution in [0.5, 0.6) is 0 Å². The zero-order chi connectivity index (χ0) is 16.7. The molecule has 1 aromatic rings. The Morgan fingerprint density at radius 1 is 1.26 bits per heavy atom. The van der Waals surface area contributed by atoms with Crippen LogP contribution in [0.4, 0.5) is 0 Å². The zero-order valence-corrected chi connectivity index (χ0v) is 14.8. The lowest BCUT2D eigenvalue weighted by Gasteiger charge is -2.45. The largest absolute Gasteiger partial charge is 0.341 e. The molecule has 0 aromatic heterocycles. The topological polar surface area (TPSA) is 46.3 Å². The second-order valence-electron chi connectivity index (χ2n) is 8.27. The molecule has 0 spiro atoms. The zero-order valence-electron chi connectivity index (χ0n) is 14.8. The van der Waals surface area contributed by atoms with E-state index in [0.717, 1.165) is 45.2 Å². The van der Waals surface area contributed by atoms with Gasteiger partial charge in [0.1, 0.15) is 0 Å². The van der Waals surface area contributed by atoms with E-state index in [4.69, 9.17) is 5.73 Å². The molecule has 3 nitrogen and oxygen atoms in total. The first-order valence-corrected chi connectivity index (χ1v) is 8.97. The lowest BCUT2D eigenvalue weighted by molar-refractivity contribution is -0.140. The van der Waals surface area contributed by atoms with Gasteiger partial charge in [-0.3, -0.25) is 4.79 Å². The Hall–Kier alpha value is -1.35. The third-order valence-corrected chi connectivity index (χ3v) is 6.04. The molecule has 3 heteroatoms. The third kappa shape index (κ3) is 2.91. The highest BCUT2D eigenvalue weighted by Crippen LogP contribution is 2.44. The van der Waals surface area contributed by atoms with Crippen LogP contribution in [-0.2, 0) is 10.2 Å². The number of hydrogen-bond acceptors (Lipinski definition) is 2. The Bertz CT molecular complexity index is 587. The van der Waals surface area contributed by atoms with Crippen molar-refractivity contribution in [2.75, 3.05) is 13.1 Å². The first-order valence-electron chi connectivity index (χ1n) is 8.97. The van der Waals surface area contributed by atoms with Crippen molar-refractivity contribution in [3.8, 4) is 0 Å². The van der Waals surface area contributed by atoms with Crippen LogP contribution in [0, 0.1) is 12.3 Å². The molecule has 1 aliphatic carbocycles. The first-order chi connectivity index (χ1) is 10.8. The molecule has 0 radical (unpaired) electrons. The van der Waals surface area contributed by atoms with Gasteiger partial charge in [0.2, 0.25) is 5.91 Å². The summed E-state index contributed by atoms with van der Waals surface area (Å²) >= 11 is 0. The lowest BCUT2D eigenvalue weighted by Crippen LogP contribution is -2.57. The average molecular weight is 314 g/mol. The summed E-state index contributed by atoms with van der Waals surface area (Å²) in [6.45, 7) is 8.06. The highest BCUT2D eigenvalue weighted by atomic mass is 16.2. The number of nitrogens with two attached hydrogens (primary N) is 1. The molecule has 126 valence electrons. The van der Waals surface area contributed by atoms with E-state index in [9.17, 15) is 4.79 Å². The smallest absolute Gasteiger partial charge is 0.233 e. The summed E-state index contributed by atoms with van der Waals surface area (Å²) in [6.07, 6.45) is 5.17. The van der Waals surface area contributed by atoms with Crippen LogP contribution in [-0.4, -0.2) is 29.9 Å². The fraction of sp³-hybridized carbons (Fsp3) is 0.650. The van der Waals surface area contributed by atoms with Gasteiger partial charge in [0.15, 0.2) is 0 Å². The van der Waals surface area contributed by atoms with Gasteiger partial charge in [-0.05, 0) is 37.2 Å². The van der Waals surface area contributed by atoms with Crippen LogP contribution >= 0.6 is 0 Å². The molecule has 1 amide bonds. The summed E-state index contributed by atoms with van der Waals surface area (Å²) in [5.41, 5.74) is 8.41. The Balaban J connectivity index is 1.91. The van der Waals surface area contributed by atoms with E-state index in [1.165, 1.54) is 11.1 Å². The second-order valence-corrected chi connectivity index (χ2v) is 8.27. The molecule has 1 aliphatic heterocycles. The molecule has 3 rings (SSSR count). The number of carbonyl (C=O) groups is 1. The predicted molar refractivity (Wildman–Crippen MR) is 94.3 cm³/mol. The van der Waals surface area contributed by atoms with Gasteiger partial charge in [-0.15, -0.1) is 0 Å². The van der Waals surface area contributed by atoms with Crippen molar-refractivity contribution in [2.45, 2.75) is 64.3 Å². The Labute approximate surface area is 140 Å². The van der Waals surface area contributed by atoms with Crippen LogP contribution in [0.25, 0.3) is 0 Å². The molecule has 1 unspecified atom stereocenters. The van der Waals surface area contributed by atoms with Crippen LogP contribution in [0.2, 0.25) is 0 Å². The van der Waals surface area contributed by atoms with E-state index in [2.05, 4.69) is 49.9 Å². The number of likely N-dealkylation sites (tertiary alicyclic amines) is 1. The van der Waals surface area contributed by atoms with Gasteiger partial charge in [-0.1, -0.05) is 56.5 Å². The summed E-state index contributed by atoms with van der Waals surface area (Å²) in [7, 11) is 0. The van der Waals surface area contributed by atoms with Gasteiger partial charge in [0, 0.05) is 19.1 Å². The van der Waals surface area contributed by atoms with E-state index >= 15 is 0 Å². The Morgan fingerprint density at radius 3 is 2.57 bits per heavy atom. The highest BCUT2D eigenvalue weighted by molar-refractivity contribution is 5.89. The van der Waals surface area contributed by atoms with Crippen molar-refractivity contribution >= 4 is 5.91 Å². The fourth-order valence-corrected chi connectivity index (χ4v) is 4.40. The standard InChI is InChI=1S/C20H30N2O/c1-15-7-6-8-16(13-15)20(10-4-5-11-20)18(23)22-12-9-17(21)19(2,3)14-22/h6-8,13,17H,4-5,9-12,14,21H2,1-3H3. The molecule has 23 heavy (non-hydrogen) atoms. The molecule has 1 saturated carbocycles. The fourth-order valence-electron chi connectivity index (χ4n) is 4.40. The van der Waals surface area contributed by atoms with Crippen molar-refractivity contribution < 1.29 is 4.79 Å². The average Bonchev–Trinajstić information content (AvgIpc) is 3.00. The Kier molecular flexibility index (Phi) is 4.26. The van der Waals surface area contributed by atoms with E-state index in [0.29, 0.717) is 5.91 Å². The molecule has 1 saturated heterocycles. The number of rotatable bonds is 2. The lowest BCUT2D eigenvalue weighted by atomic mass is 9.74. The SMILES string of the molecule is Cc1cccc(C2(C(=O)N3CCC(N)C(C)(C)C3)CCCC2)c1. The van der Waals surface area contributed by atoms with Gasteiger partial charge in [0.25, 0.3) is 0 Å². The van der Waals surface area contributed by atoms with Gasteiger partial charge >= 0.3 is 0 Å². The summed E-state index contributed by atoms with van der Waals surface area (Å²) < 4.78 is 0. The summed E-state index contributed by atoms with van der Waals surface area (Å²) in [4.78, 5) is 15.6. The molecular formula is C20H30N2O.